The smallest absolute Gasteiger partial charge is 0.228 e. The lowest BCUT2D eigenvalue weighted by atomic mass is 10.3. The second kappa shape index (κ2) is 3.19. The van der Waals surface area contributed by atoms with Crippen molar-refractivity contribution in [2.75, 3.05) is 0 Å². The summed E-state index contributed by atoms with van der Waals surface area (Å²) in [6, 6.07) is 2.28. The monoisotopic (exact) mass is 213 g/mol. The molecule has 1 aromatic heterocycles. The molecule has 0 spiro atoms. The Balaban J connectivity index is 2.47. The molecule has 0 bridgehead atoms. The summed E-state index contributed by atoms with van der Waals surface area (Å²) in [6.07, 6.45) is -2.92. The molecule has 1 aromatic rings. The van der Waals surface area contributed by atoms with Gasteiger partial charge in [0.05, 0.1) is 0 Å². The van der Waals surface area contributed by atoms with Crippen molar-refractivity contribution in [1.82, 2.24) is 9.97 Å². The quantitative estimate of drug-likeness (QED) is 0.718. The number of halogens is 3. The van der Waals surface area contributed by atoms with Crippen LogP contribution in [0.1, 0.15) is 36.0 Å². The average molecular weight is 213 g/mol. The molecule has 78 valence electrons. The SMILES string of the molecule is N#Cc1cc(C(F)(F)F)nc(C2CC2)n1. The summed E-state index contributed by atoms with van der Waals surface area (Å²) in [5.74, 6) is 0.140. The average Bonchev–Trinajstić information content (AvgIpc) is 2.99. The molecule has 0 atom stereocenters. The molecule has 3 nitrogen and oxygen atoms in total. The Hall–Kier alpha value is -1.64. The highest BCUT2D eigenvalue weighted by molar-refractivity contribution is 5.26. The van der Waals surface area contributed by atoms with Crippen molar-refractivity contribution >= 4 is 0 Å². The Morgan fingerprint density at radius 3 is 2.47 bits per heavy atom. The summed E-state index contributed by atoms with van der Waals surface area (Å²) in [5.41, 5.74) is -1.25. The van der Waals surface area contributed by atoms with Gasteiger partial charge in [-0.25, -0.2) is 9.97 Å². The van der Waals surface area contributed by atoms with E-state index in [-0.39, 0.29) is 17.4 Å². The molecule has 1 heterocycles. The van der Waals surface area contributed by atoms with Crippen LogP contribution in [0.5, 0.6) is 0 Å². The Morgan fingerprint density at radius 2 is 2.00 bits per heavy atom. The van der Waals surface area contributed by atoms with Crippen LogP contribution in [-0.4, -0.2) is 9.97 Å². The van der Waals surface area contributed by atoms with Gasteiger partial charge in [0, 0.05) is 12.0 Å². The number of nitriles is 1. The second-order valence-corrected chi connectivity index (χ2v) is 3.38. The van der Waals surface area contributed by atoms with Crippen molar-refractivity contribution in [3.8, 4) is 6.07 Å². The van der Waals surface area contributed by atoms with Gasteiger partial charge in [-0.05, 0) is 12.8 Å². The standard InChI is InChI=1S/C9H6F3N3/c10-9(11,12)7-3-6(4-13)14-8(15-7)5-1-2-5/h3,5H,1-2H2. The van der Waals surface area contributed by atoms with E-state index in [1.165, 1.54) is 0 Å². The lowest BCUT2D eigenvalue weighted by molar-refractivity contribution is -0.141. The maximum absolute atomic E-state index is 12.4. The van der Waals surface area contributed by atoms with Gasteiger partial charge in [0.1, 0.15) is 23.3 Å². The van der Waals surface area contributed by atoms with Crippen molar-refractivity contribution in [3.63, 3.8) is 0 Å². The summed E-state index contributed by atoms with van der Waals surface area (Å²) in [4.78, 5) is 7.18. The first-order chi connectivity index (χ1) is 7.00. The van der Waals surface area contributed by atoms with E-state index in [9.17, 15) is 13.2 Å². The van der Waals surface area contributed by atoms with Gasteiger partial charge in [-0.2, -0.15) is 18.4 Å². The molecule has 0 radical (unpaired) electrons. The van der Waals surface area contributed by atoms with E-state index >= 15 is 0 Å². The number of alkyl halides is 3. The van der Waals surface area contributed by atoms with Gasteiger partial charge >= 0.3 is 6.18 Å². The van der Waals surface area contributed by atoms with Crippen LogP contribution in [0.2, 0.25) is 0 Å². The fourth-order valence-corrected chi connectivity index (χ4v) is 1.19. The third-order valence-electron chi connectivity index (χ3n) is 2.09. The Bertz CT molecular complexity index is 429. The van der Waals surface area contributed by atoms with E-state index in [4.69, 9.17) is 5.26 Å². The van der Waals surface area contributed by atoms with Crippen molar-refractivity contribution < 1.29 is 13.2 Å². The first-order valence-corrected chi connectivity index (χ1v) is 4.37. The minimum atomic E-state index is -4.52. The second-order valence-electron chi connectivity index (χ2n) is 3.38. The van der Waals surface area contributed by atoms with Gasteiger partial charge < -0.3 is 0 Å². The van der Waals surface area contributed by atoms with Gasteiger partial charge in [0.15, 0.2) is 0 Å². The van der Waals surface area contributed by atoms with E-state index in [0.29, 0.717) is 6.07 Å². The normalized spacial score (nSPS) is 16.1. The van der Waals surface area contributed by atoms with Crippen LogP contribution in [0.4, 0.5) is 13.2 Å². The Kier molecular flexibility index (Phi) is 2.11. The molecule has 2 rings (SSSR count). The number of nitrogens with zero attached hydrogens (tertiary/aromatic N) is 3. The molecule has 1 fully saturated rings. The maximum atomic E-state index is 12.4. The van der Waals surface area contributed by atoms with Crippen LogP contribution < -0.4 is 0 Å². The van der Waals surface area contributed by atoms with E-state index in [2.05, 4.69) is 9.97 Å². The highest BCUT2D eigenvalue weighted by atomic mass is 19.4. The van der Waals surface area contributed by atoms with E-state index in [0.717, 1.165) is 12.8 Å². The predicted octanol–water partition coefficient (Wildman–Crippen LogP) is 2.24. The molecule has 15 heavy (non-hydrogen) atoms. The Labute approximate surface area is 83.6 Å². The minimum Gasteiger partial charge on any atom is -0.228 e. The van der Waals surface area contributed by atoms with Crippen molar-refractivity contribution in [2.45, 2.75) is 24.9 Å². The molecule has 0 unspecified atom stereocenters. The summed E-state index contributed by atoms with van der Waals surface area (Å²) in [5, 5.41) is 8.55. The number of hydrogen-bond donors (Lipinski definition) is 0. The Morgan fingerprint density at radius 1 is 1.33 bits per heavy atom. The third-order valence-corrected chi connectivity index (χ3v) is 2.09. The van der Waals surface area contributed by atoms with Gasteiger partial charge in [-0.3, -0.25) is 0 Å². The molecule has 0 aromatic carbocycles. The minimum absolute atomic E-state index is 0.000556. The lowest BCUT2D eigenvalue weighted by Crippen LogP contribution is -2.11. The van der Waals surface area contributed by atoms with Crippen molar-refractivity contribution in [1.29, 1.82) is 5.26 Å². The van der Waals surface area contributed by atoms with Gasteiger partial charge in [-0.1, -0.05) is 0 Å². The van der Waals surface area contributed by atoms with Crippen LogP contribution in [-0.2, 0) is 6.18 Å². The number of rotatable bonds is 1. The van der Waals surface area contributed by atoms with E-state index in [1.54, 1.807) is 6.07 Å². The molecule has 6 heteroatoms. The third kappa shape index (κ3) is 2.06. The molecular weight excluding hydrogens is 207 g/mol. The zero-order chi connectivity index (χ0) is 11.1. The largest absolute Gasteiger partial charge is 0.433 e. The highest BCUT2D eigenvalue weighted by Gasteiger charge is 2.36. The zero-order valence-electron chi connectivity index (χ0n) is 7.54. The van der Waals surface area contributed by atoms with Crippen LogP contribution in [0.15, 0.2) is 6.07 Å². The van der Waals surface area contributed by atoms with Crippen LogP contribution >= 0.6 is 0 Å². The van der Waals surface area contributed by atoms with Crippen LogP contribution in [0.25, 0.3) is 0 Å². The van der Waals surface area contributed by atoms with Crippen LogP contribution in [0, 0.1) is 11.3 Å². The lowest BCUT2D eigenvalue weighted by Gasteiger charge is -2.07. The molecule has 1 aliphatic rings. The fraction of sp³-hybridized carbons (Fsp3) is 0.444. The summed E-state index contributed by atoms with van der Waals surface area (Å²) in [7, 11) is 0. The van der Waals surface area contributed by atoms with Gasteiger partial charge in [-0.15, -0.1) is 0 Å². The van der Waals surface area contributed by atoms with Crippen molar-refractivity contribution in [3.05, 3.63) is 23.3 Å². The highest BCUT2D eigenvalue weighted by Crippen LogP contribution is 2.39. The van der Waals surface area contributed by atoms with E-state index < -0.39 is 11.9 Å². The van der Waals surface area contributed by atoms with Crippen molar-refractivity contribution in [2.24, 2.45) is 0 Å². The fourth-order valence-electron chi connectivity index (χ4n) is 1.19. The molecule has 1 aliphatic carbocycles. The first kappa shape index (κ1) is 9.90. The first-order valence-electron chi connectivity index (χ1n) is 4.37. The molecule has 0 amide bonds. The summed E-state index contributed by atoms with van der Waals surface area (Å²) in [6.45, 7) is 0. The summed E-state index contributed by atoms with van der Waals surface area (Å²) >= 11 is 0. The van der Waals surface area contributed by atoms with Gasteiger partial charge in [0.25, 0.3) is 0 Å². The summed E-state index contributed by atoms with van der Waals surface area (Å²) < 4.78 is 37.1. The van der Waals surface area contributed by atoms with E-state index in [1.807, 2.05) is 0 Å². The van der Waals surface area contributed by atoms with Crippen LogP contribution in [0.3, 0.4) is 0 Å². The molecule has 0 N–H and O–H groups in total. The predicted molar refractivity (Wildman–Crippen MR) is 43.7 cm³/mol. The topological polar surface area (TPSA) is 49.6 Å². The molecule has 1 saturated carbocycles. The molecule has 0 saturated heterocycles. The molecular formula is C9H6F3N3. The zero-order valence-corrected chi connectivity index (χ0v) is 7.54. The number of aromatic nitrogens is 2. The van der Waals surface area contributed by atoms with Gasteiger partial charge in [0.2, 0.25) is 0 Å². The molecule has 0 aliphatic heterocycles. The maximum Gasteiger partial charge on any atom is 0.433 e. The number of hydrogen-bond acceptors (Lipinski definition) is 3.